The third-order valence-electron chi connectivity index (χ3n) is 4.50. The molecule has 0 amide bonds. The Morgan fingerprint density at radius 3 is 2.71 bits per heavy atom. The molecule has 0 bridgehead atoms. The first kappa shape index (κ1) is 18.3. The maximum absolute atomic E-state index is 13.0. The normalized spacial score (nSPS) is 12.4. The van der Waals surface area contributed by atoms with Gasteiger partial charge in [0.05, 0.1) is 12.2 Å². The number of imidazole rings is 1. The minimum atomic E-state index is -2.84. The van der Waals surface area contributed by atoms with Gasteiger partial charge in [-0.1, -0.05) is 0 Å². The van der Waals surface area contributed by atoms with E-state index in [4.69, 9.17) is 4.98 Å². The van der Waals surface area contributed by atoms with Gasteiger partial charge in [-0.2, -0.15) is 4.98 Å². The molecule has 4 rings (SSSR count). The Labute approximate surface area is 160 Å². The second-order valence-electron chi connectivity index (χ2n) is 7.24. The minimum absolute atomic E-state index is 0.152. The van der Waals surface area contributed by atoms with Gasteiger partial charge < -0.3 is 14.9 Å². The quantitative estimate of drug-likeness (QED) is 0.534. The molecular weight excluding hydrogens is 364 g/mol. The van der Waals surface area contributed by atoms with Crippen molar-refractivity contribution in [1.82, 2.24) is 29.5 Å². The first-order valence-corrected chi connectivity index (χ1v) is 9.05. The van der Waals surface area contributed by atoms with Crippen molar-refractivity contribution in [2.24, 2.45) is 0 Å². The summed E-state index contributed by atoms with van der Waals surface area (Å²) in [4.78, 5) is 20.9. The van der Waals surface area contributed by atoms with Crippen LogP contribution >= 0.6 is 0 Å². The number of fused-ring (bicyclic) bond motifs is 2. The largest absolute Gasteiger partial charge is 0.348 e. The molecule has 0 saturated heterocycles. The monoisotopic (exact) mass is 385 g/mol. The summed E-state index contributed by atoms with van der Waals surface area (Å²) in [6, 6.07) is 4.10. The van der Waals surface area contributed by atoms with Crippen molar-refractivity contribution >= 4 is 28.1 Å². The van der Waals surface area contributed by atoms with Crippen LogP contribution in [0, 0.1) is 6.92 Å². The first-order chi connectivity index (χ1) is 13.2. The van der Waals surface area contributed by atoms with Crippen molar-refractivity contribution in [2.75, 3.05) is 11.9 Å². The lowest BCUT2D eigenvalue weighted by molar-refractivity contribution is 0.0366. The Hall–Kier alpha value is -3.10. The molecule has 0 aromatic carbocycles. The second kappa shape index (κ2) is 6.50. The topological polar surface area (TPSA) is 84.3 Å². The van der Waals surface area contributed by atoms with Crippen LogP contribution in [0.3, 0.4) is 0 Å². The number of nitrogens with one attached hydrogen (secondary N) is 2. The molecule has 2 N–H and O–H groups in total. The highest BCUT2D eigenvalue weighted by atomic mass is 19.3. The lowest BCUT2D eigenvalue weighted by Crippen LogP contribution is -2.23. The lowest BCUT2D eigenvalue weighted by atomic mass is 10.1. The number of H-pyrrole nitrogens is 1. The summed E-state index contributed by atoms with van der Waals surface area (Å²) in [6.07, 6.45) is 3.41. The highest BCUT2D eigenvalue weighted by Crippen LogP contribution is 2.29. The van der Waals surface area contributed by atoms with Crippen molar-refractivity contribution < 1.29 is 8.78 Å². The van der Waals surface area contributed by atoms with Crippen LogP contribution in [0.15, 0.2) is 24.5 Å². The van der Waals surface area contributed by atoms with Gasteiger partial charge in [-0.05, 0) is 32.9 Å². The molecule has 4 heterocycles. The van der Waals surface area contributed by atoms with Crippen LogP contribution < -0.4 is 5.32 Å². The predicted octanol–water partition coefficient (Wildman–Crippen LogP) is 4.33. The number of hydrogen-bond acceptors (Lipinski definition) is 5. The molecular formula is C19H21F2N7. The Bertz CT molecular complexity index is 1150. The fraction of sp³-hybridized carbons (Fsp3) is 0.368. The van der Waals surface area contributed by atoms with Gasteiger partial charge in [0, 0.05) is 36.3 Å². The minimum Gasteiger partial charge on any atom is -0.348 e. The van der Waals surface area contributed by atoms with Crippen molar-refractivity contribution in [3.05, 3.63) is 30.4 Å². The van der Waals surface area contributed by atoms with Gasteiger partial charge in [0.2, 0.25) is 5.95 Å². The van der Waals surface area contributed by atoms with Crippen LogP contribution in [0.2, 0.25) is 0 Å². The number of halogens is 2. The highest BCUT2D eigenvalue weighted by molar-refractivity contribution is 5.93. The zero-order valence-corrected chi connectivity index (χ0v) is 16.1. The number of alkyl halides is 2. The lowest BCUT2D eigenvalue weighted by Gasteiger charge is -2.11. The Morgan fingerprint density at radius 2 is 2.00 bits per heavy atom. The Kier molecular flexibility index (Phi) is 4.24. The average molecular weight is 385 g/mol. The number of aromatic amines is 1. The van der Waals surface area contributed by atoms with E-state index < -0.39 is 12.5 Å². The van der Waals surface area contributed by atoms with Crippen LogP contribution in [-0.2, 0) is 0 Å². The number of pyridine rings is 1. The maximum atomic E-state index is 13.0. The van der Waals surface area contributed by atoms with E-state index >= 15 is 0 Å². The van der Waals surface area contributed by atoms with Crippen LogP contribution in [0.5, 0.6) is 0 Å². The van der Waals surface area contributed by atoms with E-state index in [1.807, 2.05) is 19.1 Å². The summed E-state index contributed by atoms with van der Waals surface area (Å²) in [5, 5.41) is 3.32. The van der Waals surface area contributed by atoms with Crippen molar-refractivity contribution in [1.29, 1.82) is 0 Å². The molecule has 0 saturated carbocycles. The third-order valence-corrected chi connectivity index (χ3v) is 4.50. The number of aryl methyl sites for hydroxylation is 1. The number of aromatic nitrogens is 6. The number of anilines is 1. The highest BCUT2D eigenvalue weighted by Gasteiger charge is 2.21. The molecule has 146 valence electrons. The Balaban J connectivity index is 1.74. The molecule has 0 radical (unpaired) electrons. The van der Waals surface area contributed by atoms with Crippen molar-refractivity contribution in [3.63, 3.8) is 0 Å². The zero-order chi connectivity index (χ0) is 20.1. The first-order valence-electron chi connectivity index (χ1n) is 9.05. The van der Waals surface area contributed by atoms with Crippen LogP contribution in [0.1, 0.15) is 32.6 Å². The van der Waals surface area contributed by atoms with Gasteiger partial charge >= 0.3 is 0 Å². The van der Waals surface area contributed by atoms with Gasteiger partial charge in [0.25, 0.3) is 5.92 Å². The maximum Gasteiger partial charge on any atom is 0.262 e. The van der Waals surface area contributed by atoms with E-state index in [0.29, 0.717) is 5.65 Å². The van der Waals surface area contributed by atoms with Crippen LogP contribution in [0.4, 0.5) is 14.7 Å². The second-order valence-corrected chi connectivity index (χ2v) is 7.24. The summed E-state index contributed by atoms with van der Waals surface area (Å²) < 4.78 is 28.1. The van der Waals surface area contributed by atoms with Crippen LogP contribution in [-0.4, -0.2) is 42.0 Å². The molecule has 9 heteroatoms. The molecule has 0 spiro atoms. The molecule has 4 aromatic heterocycles. The summed E-state index contributed by atoms with van der Waals surface area (Å²) in [6.45, 7) is 6.47. The molecule has 28 heavy (non-hydrogen) atoms. The fourth-order valence-corrected chi connectivity index (χ4v) is 3.29. The van der Waals surface area contributed by atoms with E-state index in [0.717, 1.165) is 40.6 Å². The molecule has 0 atom stereocenters. The third kappa shape index (κ3) is 3.28. The van der Waals surface area contributed by atoms with E-state index in [1.165, 1.54) is 0 Å². The Morgan fingerprint density at radius 1 is 1.21 bits per heavy atom. The van der Waals surface area contributed by atoms with Crippen molar-refractivity contribution in [2.45, 2.75) is 39.7 Å². The fourth-order valence-electron chi connectivity index (χ4n) is 3.29. The van der Waals surface area contributed by atoms with E-state index in [2.05, 4.69) is 43.7 Å². The van der Waals surface area contributed by atoms with Crippen molar-refractivity contribution in [3.8, 4) is 11.3 Å². The van der Waals surface area contributed by atoms with Crippen LogP contribution in [0.25, 0.3) is 33.5 Å². The van der Waals surface area contributed by atoms with E-state index in [1.54, 1.807) is 12.4 Å². The molecule has 0 aliphatic rings. The smallest absolute Gasteiger partial charge is 0.262 e. The molecule has 0 aliphatic carbocycles. The SMILES string of the molecule is Cc1nc2ccc(-c3c[nH]c4nc(NCC(C)(F)F)ncc34)nc2n1C(C)C. The molecule has 0 unspecified atom stereocenters. The van der Waals surface area contributed by atoms with E-state index in [9.17, 15) is 8.78 Å². The number of nitrogens with zero attached hydrogens (tertiary/aromatic N) is 5. The zero-order valence-electron chi connectivity index (χ0n) is 16.1. The van der Waals surface area contributed by atoms with Gasteiger partial charge in [0.15, 0.2) is 5.65 Å². The molecule has 0 aliphatic heterocycles. The number of rotatable bonds is 5. The summed E-state index contributed by atoms with van der Waals surface area (Å²) in [5.41, 5.74) is 3.84. The van der Waals surface area contributed by atoms with Gasteiger partial charge in [-0.3, -0.25) is 0 Å². The summed E-state index contributed by atoms with van der Waals surface area (Å²) >= 11 is 0. The number of hydrogen-bond donors (Lipinski definition) is 2. The molecule has 7 nitrogen and oxygen atoms in total. The van der Waals surface area contributed by atoms with Gasteiger partial charge in [-0.15, -0.1) is 0 Å². The van der Waals surface area contributed by atoms with Gasteiger partial charge in [-0.25, -0.2) is 23.7 Å². The average Bonchev–Trinajstić information content (AvgIpc) is 3.18. The van der Waals surface area contributed by atoms with E-state index in [-0.39, 0.29) is 12.0 Å². The van der Waals surface area contributed by atoms with Gasteiger partial charge in [0.1, 0.15) is 17.0 Å². The summed E-state index contributed by atoms with van der Waals surface area (Å²) in [7, 11) is 0. The summed E-state index contributed by atoms with van der Waals surface area (Å²) in [5.74, 6) is -1.77. The standard InChI is InChI=1S/C19H21F2N7/c1-10(2)28-11(3)25-15-6-5-14(26-17(15)28)12-7-22-16-13(12)8-23-18(27-16)24-9-19(4,20)21/h5-8,10H,9H2,1-4H3,(H2,22,23,24,27). The molecule has 0 fully saturated rings. The molecule has 4 aromatic rings. The predicted molar refractivity (Wildman–Crippen MR) is 105 cm³/mol.